The standard InChI is InChI=1S/C9H17N3O2.ClH/c10-7-1-3-12(6-7)9(13)8-5-11-2-4-14-8;/h7-8,11H,1-6,10H2;1H/t7?,8-;/m0./s1. The number of ether oxygens (including phenoxy) is 1. The fourth-order valence-corrected chi connectivity index (χ4v) is 1.92. The number of nitrogens with one attached hydrogen (secondary N) is 1. The lowest BCUT2D eigenvalue weighted by molar-refractivity contribution is -0.144. The van der Waals surface area contributed by atoms with Crippen molar-refractivity contribution >= 4 is 18.3 Å². The van der Waals surface area contributed by atoms with Crippen molar-refractivity contribution in [2.45, 2.75) is 18.6 Å². The number of rotatable bonds is 1. The zero-order valence-electron chi connectivity index (χ0n) is 8.65. The Labute approximate surface area is 95.7 Å². The van der Waals surface area contributed by atoms with E-state index in [1.165, 1.54) is 0 Å². The smallest absolute Gasteiger partial charge is 0.253 e. The van der Waals surface area contributed by atoms with Crippen LogP contribution < -0.4 is 11.1 Å². The molecule has 2 saturated heterocycles. The molecule has 15 heavy (non-hydrogen) atoms. The van der Waals surface area contributed by atoms with Crippen molar-refractivity contribution in [3.63, 3.8) is 0 Å². The molecule has 0 aromatic heterocycles. The summed E-state index contributed by atoms with van der Waals surface area (Å²) in [6.07, 6.45) is 0.611. The number of amides is 1. The minimum Gasteiger partial charge on any atom is -0.366 e. The Kier molecular flexibility index (Phi) is 4.79. The molecule has 2 aliphatic rings. The minimum absolute atomic E-state index is 0. The Morgan fingerprint density at radius 3 is 2.87 bits per heavy atom. The van der Waals surface area contributed by atoms with E-state index >= 15 is 0 Å². The number of likely N-dealkylation sites (tertiary alicyclic amines) is 1. The van der Waals surface area contributed by atoms with Crippen LogP contribution >= 0.6 is 12.4 Å². The highest BCUT2D eigenvalue weighted by atomic mass is 35.5. The third kappa shape index (κ3) is 3.04. The highest BCUT2D eigenvalue weighted by Gasteiger charge is 2.30. The van der Waals surface area contributed by atoms with Crippen molar-refractivity contribution in [2.75, 3.05) is 32.8 Å². The van der Waals surface area contributed by atoms with Gasteiger partial charge in [-0.2, -0.15) is 0 Å². The van der Waals surface area contributed by atoms with E-state index in [4.69, 9.17) is 10.5 Å². The maximum atomic E-state index is 11.9. The minimum atomic E-state index is -0.297. The summed E-state index contributed by atoms with van der Waals surface area (Å²) >= 11 is 0. The molecule has 0 radical (unpaired) electrons. The van der Waals surface area contributed by atoms with E-state index in [1.54, 1.807) is 0 Å². The normalized spacial score (nSPS) is 31.1. The van der Waals surface area contributed by atoms with E-state index in [0.29, 0.717) is 19.7 Å². The van der Waals surface area contributed by atoms with E-state index in [1.807, 2.05) is 4.90 Å². The van der Waals surface area contributed by atoms with Crippen LogP contribution in [0.25, 0.3) is 0 Å². The van der Waals surface area contributed by atoms with E-state index < -0.39 is 0 Å². The largest absolute Gasteiger partial charge is 0.366 e. The molecule has 0 spiro atoms. The van der Waals surface area contributed by atoms with Gasteiger partial charge in [0.05, 0.1) is 6.61 Å². The maximum absolute atomic E-state index is 11.9. The topological polar surface area (TPSA) is 67.6 Å². The Balaban J connectivity index is 0.00000112. The van der Waals surface area contributed by atoms with Gasteiger partial charge in [0.15, 0.2) is 0 Å². The molecule has 1 amide bonds. The molecule has 0 aromatic rings. The molecule has 2 rings (SSSR count). The summed E-state index contributed by atoms with van der Waals surface area (Å²) in [5.74, 6) is 0.0881. The monoisotopic (exact) mass is 235 g/mol. The van der Waals surface area contributed by atoms with Crippen molar-refractivity contribution in [2.24, 2.45) is 5.73 Å². The molecular weight excluding hydrogens is 218 g/mol. The van der Waals surface area contributed by atoms with Crippen LogP contribution in [0.4, 0.5) is 0 Å². The van der Waals surface area contributed by atoms with Gasteiger partial charge in [-0.15, -0.1) is 12.4 Å². The first-order valence-electron chi connectivity index (χ1n) is 5.14. The summed E-state index contributed by atoms with van der Waals surface area (Å²) in [5.41, 5.74) is 5.74. The van der Waals surface area contributed by atoms with Crippen LogP contribution in [-0.4, -0.2) is 55.7 Å². The van der Waals surface area contributed by atoms with Crippen molar-refractivity contribution in [1.82, 2.24) is 10.2 Å². The van der Waals surface area contributed by atoms with Gasteiger partial charge < -0.3 is 20.7 Å². The maximum Gasteiger partial charge on any atom is 0.253 e. The third-order valence-corrected chi connectivity index (χ3v) is 2.74. The summed E-state index contributed by atoms with van der Waals surface area (Å²) in [6.45, 7) is 3.54. The van der Waals surface area contributed by atoms with Crippen molar-refractivity contribution < 1.29 is 9.53 Å². The molecule has 2 atom stereocenters. The number of hydrogen-bond donors (Lipinski definition) is 2. The number of morpholine rings is 1. The summed E-state index contributed by atoms with van der Waals surface area (Å²) in [5, 5.41) is 3.15. The van der Waals surface area contributed by atoms with Crippen LogP contribution in [-0.2, 0) is 9.53 Å². The van der Waals surface area contributed by atoms with Gasteiger partial charge in [-0.3, -0.25) is 4.79 Å². The van der Waals surface area contributed by atoms with E-state index in [9.17, 15) is 4.79 Å². The van der Waals surface area contributed by atoms with Crippen LogP contribution in [0.1, 0.15) is 6.42 Å². The summed E-state index contributed by atoms with van der Waals surface area (Å²) in [7, 11) is 0. The molecular formula is C9H18ClN3O2. The van der Waals surface area contributed by atoms with Crippen LogP contribution in [0.5, 0.6) is 0 Å². The van der Waals surface area contributed by atoms with Crippen molar-refractivity contribution in [1.29, 1.82) is 0 Å². The first-order chi connectivity index (χ1) is 6.77. The number of halogens is 1. The second-order valence-corrected chi connectivity index (χ2v) is 3.90. The molecule has 88 valence electrons. The zero-order chi connectivity index (χ0) is 9.97. The molecule has 5 nitrogen and oxygen atoms in total. The lowest BCUT2D eigenvalue weighted by Crippen LogP contribution is -2.49. The average molecular weight is 236 g/mol. The molecule has 0 bridgehead atoms. The third-order valence-electron chi connectivity index (χ3n) is 2.74. The average Bonchev–Trinajstić information content (AvgIpc) is 2.65. The molecule has 3 N–H and O–H groups in total. The van der Waals surface area contributed by atoms with Crippen LogP contribution in [0.3, 0.4) is 0 Å². The predicted molar refractivity (Wildman–Crippen MR) is 59.0 cm³/mol. The fraction of sp³-hybridized carbons (Fsp3) is 0.889. The Bertz CT molecular complexity index is 215. The van der Waals surface area contributed by atoms with Gasteiger partial charge in [0.1, 0.15) is 6.10 Å². The number of carbonyl (C=O) groups is 1. The molecule has 2 fully saturated rings. The molecule has 2 heterocycles. The number of nitrogens with two attached hydrogens (primary N) is 1. The number of nitrogens with zero attached hydrogens (tertiary/aromatic N) is 1. The molecule has 2 aliphatic heterocycles. The zero-order valence-corrected chi connectivity index (χ0v) is 9.46. The Morgan fingerprint density at radius 1 is 1.53 bits per heavy atom. The second-order valence-electron chi connectivity index (χ2n) is 3.90. The Morgan fingerprint density at radius 2 is 2.33 bits per heavy atom. The SMILES string of the molecule is Cl.NC1CCN(C(=O)[C@@H]2CNCCO2)C1. The Hall–Kier alpha value is -0.360. The van der Waals surface area contributed by atoms with Crippen LogP contribution in [0, 0.1) is 0 Å². The van der Waals surface area contributed by atoms with E-state index in [0.717, 1.165) is 19.5 Å². The van der Waals surface area contributed by atoms with Gasteiger partial charge >= 0.3 is 0 Å². The molecule has 6 heteroatoms. The van der Waals surface area contributed by atoms with E-state index in [-0.39, 0.29) is 30.5 Å². The van der Waals surface area contributed by atoms with E-state index in [2.05, 4.69) is 5.32 Å². The summed E-state index contributed by atoms with van der Waals surface area (Å²) in [4.78, 5) is 13.7. The predicted octanol–water partition coefficient (Wildman–Crippen LogP) is -1.04. The van der Waals surface area contributed by atoms with Gasteiger partial charge in [0.25, 0.3) is 5.91 Å². The number of carbonyl (C=O) groups excluding carboxylic acids is 1. The van der Waals surface area contributed by atoms with Crippen LogP contribution in [0.2, 0.25) is 0 Å². The first-order valence-corrected chi connectivity index (χ1v) is 5.14. The van der Waals surface area contributed by atoms with Gasteiger partial charge in [0, 0.05) is 32.2 Å². The highest BCUT2D eigenvalue weighted by Crippen LogP contribution is 2.10. The molecule has 0 saturated carbocycles. The quantitative estimate of drug-likeness (QED) is 0.609. The molecule has 1 unspecified atom stereocenters. The second kappa shape index (κ2) is 5.65. The molecule has 0 aliphatic carbocycles. The van der Waals surface area contributed by atoms with Crippen molar-refractivity contribution in [3.05, 3.63) is 0 Å². The van der Waals surface area contributed by atoms with Crippen molar-refractivity contribution in [3.8, 4) is 0 Å². The van der Waals surface area contributed by atoms with Gasteiger partial charge in [-0.05, 0) is 6.42 Å². The molecule has 0 aromatic carbocycles. The highest BCUT2D eigenvalue weighted by molar-refractivity contribution is 5.85. The lowest BCUT2D eigenvalue weighted by atomic mass is 10.2. The lowest BCUT2D eigenvalue weighted by Gasteiger charge is -2.26. The van der Waals surface area contributed by atoms with Gasteiger partial charge in [-0.1, -0.05) is 0 Å². The summed E-state index contributed by atoms with van der Waals surface area (Å²) < 4.78 is 5.39. The number of hydrogen-bond acceptors (Lipinski definition) is 4. The van der Waals surface area contributed by atoms with Gasteiger partial charge in [-0.25, -0.2) is 0 Å². The first kappa shape index (κ1) is 12.7. The van der Waals surface area contributed by atoms with Crippen LogP contribution in [0.15, 0.2) is 0 Å². The van der Waals surface area contributed by atoms with Gasteiger partial charge in [0.2, 0.25) is 0 Å². The fourth-order valence-electron chi connectivity index (χ4n) is 1.92. The summed E-state index contributed by atoms with van der Waals surface area (Å²) in [6, 6.07) is 0.149.